The van der Waals surface area contributed by atoms with E-state index in [1.54, 1.807) is 0 Å². The Morgan fingerprint density at radius 1 is 1.43 bits per heavy atom. The van der Waals surface area contributed by atoms with Gasteiger partial charge in [-0.1, -0.05) is 12.8 Å². The summed E-state index contributed by atoms with van der Waals surface area (Å²) in [5.74, 6) is 3.80. The first-order valence-corrected chi connectivity index (χ1v) is 4.44. The Labute approximate surface area is 83.2 Å². The summed E-state index contributed by atoms with van der Waals surface area (Å²) in [6, 6.07) is 0. The van der Waals surface area contributed by atoms with E-state index >= 15 is 0 Å². The van der Waals surface area contributed by atoms with Crippen LogP contribution in [0.2, 0.25) is 0 Å². The molecule has 0 spiro atoms. The molecule has 0 aromatic carbocycles. The lowest BCUT2D eigenvalue weighted by atomic mass is 10.3. The van der Waals surface area contributed by atoms with Crippen molar-refractivity contribution in [2.24, 2.45) is 0 Å². The fraction of sp³-hybridized carbons (Fsp3) is 0.444. The van der Waals surface area contributed by atoms with Crippen molar-refractivity contribution >= 4 is 11.9 Å². The van der Waals surface area contributed by atoms with Crippen LogP contribution in [0.4, 0.5) is 11.9 Å². The van der Waals surface area contributed by atoms with Crippen molar-refractivity contribution in [1.82, 2.24) is 15.0 Å². The highest BCUT2D eigenvalue weighted by atomic mass is 15.2. The molecule has 0 radical (unpaired) electrons. The van der Waals surface area contributed by atoms with Crippen molar-refractivity contribution in [3.8, 4) is 12.3 Å². The first-order chi connectivity index (χ1) is 6.76. The van der Waals surface area contributed by atoms with E-state index in [-0.39, 0.29) is 5.95 Å². The maximum Gasteiger partial charge on any atom is 0.228 e. The normalized spacial score (nSPS) is 9.43. The number of rotatable bonds is 4. The molecule has 0 bridgehead atoms. The van der Waals surface area contributed by atoms with Crippen LogP contribution in [0.25, 0.3) is 0 Å². The third-order valence-electron chi connectivity index (χ3n) is 1.52. The molecule has 0 saturated carbocycles. The van der Waals surface area contributed by atoms with Gasteiger partial charge in [0.05, 0.1) is 6.54 Å². The molecule has 74 valence electrons. The molecule has 0 aliphatic carbocycles. The molecule has 0 aliphatic rings. The lowest BCUT2D eigenvalue weighted by Crippen LogP contribution is -2.09. The summed E-state index contributed by atoms with van der Waals surface area (Å²) >= 11 is 0. The molecule has 0 unspecified atom stereocenters. The van der Waals surface area contributed by atoms with Crippen LogP contribution < -0.4 is 11.1 Å². The summed E-state index contributed by atoms with van der Waals surface area (Å²) < 4.78 is 0. The van der Waals surface area contributed by atoms with E-state index in [1.807, 2.05) is 0 Å². The molecule has 3 N–H and O–H groups in total. The molecular formula is C9H13N5. The van der Waals surface area contributed by atoms with Gasteiger partial charge < -0.3 is 11.1 Å². The van der Waals surface area contributed by atoms with Crippen LogP contribution in [0.1, 0.15) is 19.2 Å². The average Bonchev–Trinajstić information content (AvgIpc) is 2.14. The third-order valence-corrected chi connectivity index (χ3v) is 1.52. The van der Waals surface area contributed by atoms with Gasteiger partial charge in [0.2, 0.25) is 11.9 Å². The molecule has 0 aliphatic heterocycles. The molecule has 1 heterocycles. The topological polar surface area (TPSA) is 76.7 Å². The molecule has 0 fully saturated rings. The largest absolute Gasteiger partial charge is 0.368 e. The standard InChI is InChI=1S/C9H13N5/c1-3-5-7-12-8(10)14-9(13-7)11-6-4-2/h2H,3,5-6H2,1H3,(H3,10,11,12,13,14). The minimum Gasteiger partial charge on any atom is -0.368 e. The minimum absolute atomic E-state index is 0.225. The van der Waals surface area contributed by atoms with Crippen molar-refractivity contribution in [3.05, 3.63) is 5.82 Å². The van der Waals surface area contributed by atoms with Crippen LogP contribution >= 0.6 is 0 Å². The smallest absolute Gasteiger partial charge is 0.228 e. The van der Waals surface area contributed by atoms with E-state index in [0.717, 1.165) is 12.8 Å². The number of hydrogen-bond acceptors (Lipinski definition) is 5. The Morgan fingerprint density at radius 3 is 2.86 bits per heavy atom. The van der Waals surface area contributed by atoms with Crippen LogP contribution in [0.15, 0.2) is 0 Å². The summed E-state index contributed by atoms with van der Waals surface area (Å²) in [5.41, 5.74) is 5.51. The van der Waals surface area contributed by atoms with Gasteiger partial charge in [-0.2, -0.15) is 15.0 Å². The zero-order chi connectivity index (χ0) is 10.4. The van der Waals surface area contributed by atoms with E-state index in [9.17, 15) is 0 Å². The highest BCUT2D eigenvalue weighted by Gasteiger charge is 2.01. The molecule has 0 amide bonds. The van der Waals surface area contributed by atoms with E-state index in [4.69, 9.17) is 12.2 Å². The van der Waals surface area contributed by atoms with Gasteiger partial charge in [0.1, 0.15) is 5.82 Å². The van der Waals surface area contributed by atoms with Gasteiger partial charge in [0, 0.05) is 6.42 Å². The molecule has 14 heavy (non-hydrogen) atoms. The molecule has 5 heteroatoms. The van der Waals surface area contributed by atoms with E-state index in [0.29, 0.717) is 18.3 Å². The molecule has 5 nitrogen and oxygen atoms in total. The SMILES string of the molecule is C#CCNc1nc(N)nc(CCC)n1. The summed E-state index contributed by atoms with van der Waals surface area (Å²) in [5, 5.41) is 2.86. The van der Waals surface area contributed by atoms with Gasteiger partial charge >= 0.3 is 0 Å². The average molecular weight is 191 g/mol. The molecule has 1 aromatic rings. The summed E-state index contributed by atoms with van der Waals surface area (Å²) in [7, 11) is 0. The number of nitrogens with two attached hydrogens (primary N) is 1. The Bertz CT molecular complexity index is 342. The summed E-state index contributed by atoms with van der Waals surface area (Å²) in [4.78, 5) is 12.0. The molecule has 0 saturated heterocycles. The predicted octanol–water partition coefficient (Wildman–Crippen LogP) is 0.451. The second kappa shape index (κ2) is 5.02. The highest BCUT2D eigenvalue weighted by Crippen LogP contribution is 2.03. The Morgan fingerprint density at radius 2 is 2.21 bits per heavy atom. The van der Waals surface area contributed by atoms with Crippen molar-refractivity contribution in [2.75, 3.05) is 17.6 Å². The fourth-order valence-corrected chi connectivity index (χ4v) is 0.983. The molecular weight excluding hydrogens is 178 g/mol. The molecule has 0 atom stereocenters. The molecule has 1 aromatic heterocycles. The van der Waals surface area contributed by atoms with Gasteiger partial charge in [-0.15, -0.1) is 6.42 Å². The number of nitrogen functional groups attached to an aromatic ring is 1. The van der Waals surface area contributed by atoms with Crippen LogP contribution in [0.3, 0.4) is 0 Å². The Hall–Kier alpha value is -1.83. The van der Waals surface area contributed by atoms with Crippen molar-refractivity contribution in [1.29, 1.82) is 0 Å². The first kappa shape index (κ1) is 10.3. The van der Waals surface area contributed by atoms with Gasteiger partial charge in [0.25, 0.3) is 0 Å². The third kappa shape index (κ3) is 2.90. The van der Waals surface area contributed by atoms with Crippen molar-refractivity contribution < 1.29 is 0 Å². The zero-order valence-corrected chi connectivity index (χ0v) is 8.12. The van der Waals surface area contributed by atoms with Gasteiger partial charge in [-0.25, -0.2) is 0 Å². The maximum absolute atomic E-state index is 5.51. The van der Waals surface area contributed by atoms with Crippen molar-refractivity contribution in [3.63, 3.8) is 0 Å². The number of nitrogens with zero attached hydrogens (tertiary/aromatic N) is 3. The number of anilines is 2. The van der Waals surface area contributed by atoms with Gasteiger partial charge in [0.15, 0.2) is 0 Å². The van der Waals surface area contributed by atoms with Crippen molar-refractivity contribution in [2.45, 2.75) is 19.8 Å². The van der Waals surface area contributed by atoms with Gasteiger partial charge in [-0.05, 0) is 6.42 Å². The number of aryl methyl sites for hydroxylation is 1. The van der Waals surface area contributed by atoms with Gasteiger partial charge in [-0.3, -0.25) is 0 Å². The van der Waals surface area contributed by atoms with Crippen LogP contribution in [0, 0.1) is 12.3 Å². The summed E-state index contributed by atoms with van der Waals surface area (Å²) in [6.45, 7) is 2.43. The monoisotopic (exact) mass is 191 g/mol. The number of aromatic nitrogens is 3. The fourth-order valence-electron chi connectivity index (χ4n) is 0.983. The number of hydrogen-bond donors (Lipinski definition) is 2. The zero-order valence-electron chi connectivity index (χ0n) is 8.12. The maximum atomic E-state index is 5.51. The molecule has 1 rings (SSSR count). The Balaban J connectivity index is 2.79. The number of terminal acetylenes is 1. The van der Waals surface area contributed by atoms with E-state index < -0.39 is 0 Å². The minimum atomic E-state index is 0.225. The summed E-state index contributed by atoms with van der Waals surface area (Å²) in [6.07, 6.45) is 6.86. The quantitative estimate of drug-likeness (QED) is 0.676. The Kier molecular flexibility index (Phi) is 3.68. The second-order valence-corrected chi connectivity index (χ2v) is 2.74. The van der Waals surface area contributed by atoms with E-state index in [2.05, 4.69) is 33.1 Å². The lowest BCUT2D eigenvalue weighted by molar-refractivity contribution is 0.823. The second-order valence-electron chi connectivity index (χ2n) is 2.74. The van der Waals surface area contributed by atoms with Crippen LogP contribution in [0.5, 0.6) is 0 Å². The van der Waals surface area contributed by atoms with E-state index in [1.165, 1.54) is 0 Å². The highest BCUT2D eigenvalue weighted by molar-refractivity contribution is 5.32. The number of nitrogens with one attached hydrogen (secondary N) is 1. The van der Waals surface area contributed by atoms with Crippen LogP contribution in [-0.2, 0) is 6.42 Å². The lowest BCUT2D eigenvalue weighted by Gasteiger charge is -2.03. The van der Waals surface area contributed by atoms with Crippen LogP contribution in [-0.4, -0.2) is 21.5 Å². The predicted molar refractivity (Wildman–Crippen MR) is 55.6 cm³/mol. The first-order valence-electron chi connectivity index (χ1n) is 4.44.